The maximum atomic E-state index is 15.6. The molecule has 0 N–H and O–H groups in total. The first kappa shape index (κ1) is 28.6. The Labute approximate surface area is 241 Å². The molecule has 1 amide bonds. The number of ether oxygens (including phenoxy) is 1. The van der Waals surface area contributed by atoms with Crippen molar-refractivity contribution in [2.24, 2.45) is 4.99 Å². The van der Waals surface area contributed by atoms with Gasteiger partial charge in [0.05, 0.1) is 29.3 Å². The lowest BCUT2D eigenvalue weighted by atomic mass is 9.87. The third-order valence-electron chi connectivity index (χ3n) is 7.66. The van der Waals surface area contributed by atoms with E-state index < -0.39 is 0 Å². The molecule has 2 saturated heterocycles. The average Bonchev–Trinajstić information content (AvgIpc) is 3.21. The molecule has 0 radical (unpaired) electrons. The summed E-state index contributed by atoms with van der Waals surface area (Å²) in [7, 11) is 0. The number of hydrogen-bond acceptors (Lipinski definition) is 6. The van der Waals surface area contributed by atoms with E-state index in [-0.39, 0.29) is 17.3 Å². The normalized spacial score (nSPS) is 21.3. The maximum Gasteiger partial charge on any atom is 0.266 e. The third kappa shape index (κ3) is 6.19. The Bertz CT molecular complexity index is 1330. The number of anilines is 1. The molecular weight excluding hydrogens is 523 g/mol. The minimum Gasteiger partial charge on any atom is -0.379 e. The van der Waals surface area contributed by atoms with Gasteiger partial charge < -0.3 is 9.64 Å². The van der Waals surface area contributed by atoms with Gasteiger partial charge in [-0.2, -0.15) is 0 Å². The second kappa shape index (κ2) is 12.3. The largest absolute Gasteiger partial charge is 0.379 e. The van der Waals surface area contributed by atoms with Crippen LogP contribution in [0.15, 0.2) is 58.4 Å². The second-order valence-corrected chi connectivity index (χ2v) is 12.1. The molecule has 3 aliphatic heterocycles. The number of nitrogens with zero attached hydrogens (tertiary/aromatic N) is 4. The van der Waals surface area contributed by atoms with Gasteiger partial charge in [0, 0.05) is 49.5 Å². The molecule has 0 saturated carbocycles. The summed E-state index contributed by atoms with van der Waals surface area (Å²) in [4.78, 5) is 25.3. The number of benzene rings is 2. The van der Waals surface area contributed by atoms with Crippen molar-refractivity contribution >= 4 is 45.9 Å². The van der Waals surface area contributed by atoms with Gasteiger partial charge in [-0.25, -0.2) is 9.38 Å². The van der Waals surface area contributed by atoms with Crippen LogP contribution < -0.4 is 4.90 Å². The average molecular weight is 563 g/mol. The van der Waals surface area contributed by atoms with Gasteiger partial charge in [0.2, 0.25) is 0 Å². The van der Waals surface area contributed by atoms with Crippen LogP contribution in [0.5, 0.6) is 0 Å². The zero-order valence-corrected chi connectivity index (χ0v) is 24.8. The Morgan fingerprint density at radius 1 is 1.10 bits per heavy atom. The molecule has 0 bridgehead atoms. The highest BCUT2D eigenvalue weighted by Gasteiger charge is 2.35. The maximum absolute atomic E-state index is 15.6. The predicted octanol–water partition coefficient (Wildman–Crippen LogP) is 6.56. The monoisotopic (exact) mass is 562 g/mol. The molecule has 5 rings (SSSR count). The van der Waals surface area contributed by atoms with Crippen molar-refractivity contribution < 1.29 is 13.9 Å². The highest BCUT2D eigenvalue weighted by molar-refractivity contribution is 8.18. The van der Waals surface area contributed by atoms with E-state index in [0.717, 1.165) is 74.7 Å². The highest BCUT2D eigenvalue weighted by atomic mass is 32.2. The summed E-state index contributed by atoms with van der Waals surface area (Å²) >= 11 is 1.32. The predicted molar refractivity (Wildman–Crippen MR) is 164 cm³/mol. The quantitative estimate of drug-likeness (QED) is 0.341. The second-order valence-electron chi connectivity index (χ2n) is 11.1. The first-order valence-electron chi connectivity index (χ1n) is 14.2. The first-order chi connectivity index (χ1) is 19.3. The van der Waals surface area contributed by atoms with Crippen molar-refractivity contribution in [3.63, 3.8) is 0 Å². The van der Waals surface area contributed by atoms with E-state index in [1.165, 1.54) is 11.8 Å². The van der Waals surface area contributed by atoms with Gasteiger partial charge in [-0.3, -0.25) is 14.6 Å². The first-order valence-corrected chi connectivity index (χ1v) is 15.0. The number of hydrogen-bond donors (Lipinski definition) is 0. The number of thioether (sulfide) groups is 1. The fraction of sp³-hybridized carbons (Fsp3) is 0.438. The molecule has 6 nitrogen and oxygen atoms in total. The summed E-state index contributed by atoms with van der Waals surface area (Å²) in [6.45, 7) is 14.2. The van der Waals surface area contributed by atoms with Gasteiger partial charge in [-0.15, -0.1) is 0 Å². The molecule has 2 aromatic carbocycles. The molecule has 8 heteroatoms. The number of carbonyl (C=O) groups is 1. The van der Waals surface area contributed by atoms with Crippen molar-refractivity contribution in [2.45, 2.75) is 46.1 Å². The molecule has 0 spiro atoms. The van der Waals surface area contributed by atoms with E-state index >= 15 is 4.39 Å². The SMILES string of the molecule is CCCN1c2cc(F)c(/C=C3/SC(=Nc4ccccc4)N(CCCN4CCOCC4)C3=O)cc2C(C)=CC1(C)C. The summed E-state index contributed by atoms with van der Waals surface area (Å²) in [5, 5.41) is 0.634. The molecule has 0 aromatic heterocycles. The van der Waals surface area contributed by atoms with Crippen LogP contribution in [0, 0.1) is 5.82 Å². The van der Waals surface area contributed by atoms with Gasteiger partial charge in [0.25, 0.3) is 5.91 Å². The molecule has 40 heavy (non-hydrogen) atoms. The Kier molecular flexibility index (Phi) is 8.78. The molecule has 3 heterocycles. The zero-order valence-electron chi connectivity index (χ0n) is 24.0. The number of allylic oxidation sites excluding steroid dienone is 1. The lowest BCUT2D eigenvalue weighted by Gasteiger charge is -2.43. The molecule has 212 valence electrons. The van der Waals surface area contributed by atoms with E-state index in [9.17, 15) is 4.79 Å². The van der Waals surface area contributed by atoms with Gasteiger partial charge in [0.1, 0.15) is 5.82 Å². The lowest BCUT2D eigenvalue weighted by Crippen LogP contribution is -2.45. The summed E-state index contributed by atoms with van der Waals surface area (Å²) < 4.78 is 21.1. The Morgan fingerprint density at radius 3 is 2.58 bits per heavy atom. The molecule has 3 aliphatic rings. The fourth-order valence-corrected chi connectivity index (χ4v) is 6.69. The van der Waals surface area contributed by atoms with E-state index in [1.54, 1.807) is 17.0 Å². The zero-order chi connectivity index (χ0) is 28.3. The van der Waals surface area contributed by atoms with Crippen molar-refractivity contribution in [1.82, 2.24) is 9.80 Å². The van der Waals surface area contributed by atoms with Crippen molar-refractivity contribution in [3.8, 4) is 0 Å². The van der Waals surface area contributed by atoms with Gasteiger partial charge >= 0.3 is 0 Å². The molecule has 2 fully saturated rings. The molecule has 0 aliphatic carbocycles. The van der Waals surface area contributed by atoms with Crippen LogP contribution >= 0.6 is 11.8 Å². The van der Waals surface area contributed by atoms with Crippen LogP contribution in [-0.4, -0.2) is 72.4 Å². The van der Waals surface area contributed by atoms with Crippen molar-refractivity contribution in [1.29, 1.82) is 0 Å². The smallest absolute Gasteiger partial charge is 0.266 e. The Morgan fingerprint density at radius 2 is 1.85 bits per heavy atom. The molecular formula is C32H39FN4O2S. The standard InChI is InChI=1S/C32H39FN4O2S/c1-5-12-37-28-21-27(33)24(19-26(28)23(2)22-32(37,3)4)20-29-30(38)36(14-9-13-35-15-17-39-18-16-35)31(40-29)34-25-10-7-6-8-11-25/h6-8,10-11,19-22H,5,9,12-18H2,1-4H3/b29-20+,34-31?. The number of amidine groups is 1. The number of morpholine rings is 1. The number of para-hydroxylation sites is 1. The van der Waals surface area contributed by atoms with Gasteiger partial charge in [-0.05, 0) is 81.3 Å². The van der Waals surface area contributed by atoms with Crippen LogP contribution in [0.1, 0.15) is 51.7 Å². The van der Waals surface area contributed by atoms with Crippen LogP contribution in [0.25, 0.3) is 11.6 Å². The van der Waals surface area contributed by atoms with E-state index in [0.29, 0.717) is 22.2 Å². The van der Waals surface area contributed by atoms with Crippen molar-refractivity contribution in [2.75, 3.05) is 50.8 Å². The van der Waals surface area contributed by atoms with E-state index in [2.05, 4.69) is 43.6 Å². The number of carbonyl (C=O) groups excluding carboxylic acids is 1. The molecule has 2 aromatic rings. The number of halogens is 1. The minimum absolute atomic E-state index is 0.125. The Hall–Kier alpha value is -2.94. The van der Waals surface area contributed by atoms with Crippen LogP contribution in [-0.2, 0) is 9.53 Å². The van der Waals surface area contributed by atoms with E-state index in [4.69, 9.17) is 9.73 Å². The third-order valence-corrected chi connectivity index (χ3v) is 8.67. The number of fused-ring (bicyclic) bond motifs is 1. The van der Waals surface area contributed by atoms with Crippen LogP contribution in [0.2, 0.25) is 0 Å². The number of amides is 1. The lowest BCUT2D eigenvalue weighted by molar-refractivity contribution is -0.122. The fourth-order valence-electron chi connectivity index (χ4n) is 5.68. The number of aliphatic imine (C=N–C) groups is 1. The van der Waals surface area contributed by atoms with Crippen molar-refractivity contribution in [3.05, 3.63) is 70.4 Å². The topological polar surface area (TPSA) is 48.4 Å². The molecule has 0 unspecified atom stereocenters. The summed E-state index contributed by atoms with van der Waals surface area (Å²) in [6, 6.07) is 13.2. The van der Waals surface area contributed by atoms with Gasteiger partial charge in [-0.1, -0.05) is 31.2 Å². The van der Waals surface area contributed by atoms with Crippen LogP contribution in [0.4, 0.5) is 15.8 Å². The minimum atomic E-state index is -0.321. The Balaban J connectivity index is 1.44. The summed E-state index contributed by atoms with van der Waals surface area (Å²) in [5.41, 5.74) is 4.06. The van der Waals surface area contributed by atoms with E-state index in [1.807, 2.05) is 36.4 Å². The van der Waals surface area contributed by atoms with Crippen LogP contribution in [0.3, 0.4) is 0 Å². The summed E-state index contributed by atoms with van der Waals surface area (Å²) in [5.74, 6) is -0.446. The van der Waals surface area contributed by atoms with Gasteiger partial charge in [0.15, 0.2) is 5.17 Å². The highest BCUT2D eigenvalue weighted by Crippen LogP contribution is 2.41. The molecule has 0 atom stereocenters. The summed E-state index contributed by atoms with van der Waals surface area (Å²) in [6.07, 6.45) is 5.74. The number of rotatable bonds is 8.